The Labute approximate surface area is 59.9 Å². The van der Waals surface area contributed by atoms with Crippen molar-refractivity contribution < 1.29 is 4.74 Å². The molecule has 0 fully saturated rings. The van der Waals surface area contributed by atoms with Crippen molar-refractivity contribution in [3.63, 3.8) is 0 Å². The first-order chi connectivity index (χ1) is 4.92. The van der Waals surface area contributed by atoms with Crippen molar-refractivity contribution >= 4 is 0 Å². The smallest absolute Gasteiger partial charge is 0.0879 e. The molecule has 1 atom stereocenters. The summed E-state index contributed by atoms with van der Waals surface area (Å²) < 4.78 is 5.17. The molecule has 0 spiro atoms. The van der Waals surface area contributed by atoms with E-state index >= 15 is 0 Å². The first-order valence-electron chi connectivity index (χ1n) is 3.37. The van der Waals surface area contributed by atoms with Crippen molar-refractivity contribution in [2.75, 3.05) is 7.11 Å². The molecular formula is C8H9NO. The summed E-state index contributed by atoms with van der Waals surface area (Å²) >= 11 is 0. The molecule has 1 aliphatic rings. The lowest BCUT2D eigenvalue weighted by Crippen LogP contribution is -2.18. The van der Waals surface area contributed by atoms with Gasteiger partial charge in [0.05, 0.1) is 6.10 Å². The zero-order chi connectivity index (χ0) is 6.97. The Hall–Kier alpha value is -0.890. The lowest BCUT2D eigenvalue weighted by molar-refractivity contribution is 0.0840. The van der Waals surface area contributed by atoms with Gasteiger partial charge in [-0.25, -0.2) is 0 Å². The zero-order valence-corrected chi connectivity index (χ0v) is 5.87. The summed E-state index contributed by atoms with van der Waals surface area (Å²) in [6.45, 7) is 0. The standard InChI is InChI=1S/C8H9NO/c1-10-8-4-6-2-3-9-5-7(6)8/h2-3,5,8H,4H2,1H3. The number of hydrogen-bond donors (Lipinski definition) is 0. The Morgan fingerprint density at radius 1 is 1.70 bits per heavy atom. The summed E-state index contributed by atoms with van der Waals surface area (Å²) in [5.74, 6) is 0. The summed E-state index contributed by atoms with van der Waals surface area (Å²) in [7, 11) is 1.74. The molecule has 0 aromatic carbocycles. The molecule has 10 heavy (non-hydrogen) atoms. The van der Waals surface area contributed by atoms with Crippen LogP contribution in [0, 0.1) is 0 Å². The maximum Gasteiger partial charge on any atom is 0.0879 e. The second kappa shape index (κ2) is 2.06. The number of rotatable bonds is 1. The molecule has 0 saturated carbocycles. The molecule has 2 heteroatoms. The topological polar surface area (TPSA) is 22.1 Å². The Bertz CT molecular complexity index is 247. The van der Waals surface area contributed by atoms with E-state index in [0.29, 0.717) is 6.10 Å². The van der Waals surface area contributed by atoms with Crippen LogP contribution in [0.4, 0.5) is 0 Å². The van der Waals surface area contributed by atoms with Crippen molar-refractivity contribution in [1.82, 2.24) is 4.98 Å². The molecule has 1 unspecified atom stereocenters. The van der Waals surface area contributed by atoms with Crippen molar-refractivity contribution in [1.29, 1.82) is 0 Å². The Balaban J connectivity index is 2.34. The van der Waals surface area contributed by atoms with E-state index in [0.717, 1.165) is 6.42 Å². The van der Waals surface area contributed by atoms with Crippen LogP contribution in [0.2, 0.25) is 0 Å². The van der Waals surface area contributed by atoms with Crippen LogP contribution in [0.15, 0.2) is 18.5 Å². The van der Waals surface area contributed by atoms with Gasteiger partial charge in [0.15, 0.2) is 0 Å². The number of fused-ring (bicyclic) bond motifs is 1. The maximum atomic E-state index is 5.17. The van der Waals surface area contributed by atoms with E-state index in [1.54, 1.807) is 7.11 Å². The van der Waals surface area contributed by atoms with Crippen molar-refractivity contribution in [3.8, 4) is 0 Å². The molecule has 0 aliphatic heterocycles. The molecule has 2 rings (SSSR count). The average molecular weight is 135 g/mol. The molecule has 1 aromatic heterocycles. The Kier molecular flexibility index (Phi) is 1.21. The SMILES string of the molecule is COC1Cc2ccncc21. The van der Waals surface area contributed by atoms with Crippen LogP contribution in [0.25, 0.3) is 0 Å². The van der Waals surface area contributed by atoms with Crippen molar-refractivity contribution in [2.45, 2.75) is 12.5 Å². The predicted molar refractivity (Wildman–Crippen MR) is 37.7 cm³/mol. The second-order valence-corrected chi connectivity index (χ2v) is 2.50. The van der Waals surface area contributed by atoms with E-state index in [4.69, 9.17) is 4.74 Å². The van der Waals surface area contributed by atoms with E-state index in [1.807, 2.05) is 18.5 Å². The normalized spacial score (nSPS) is 21.5. The Morgan fingerprint density at radius 2 is 2.60 bits per heavy atom. The van der Waals surface area contributed by atoms with Gasteiger partial charge in [0, 0.05) is 31.5 Å². The highest BCUT2D eigenvalue weighted by atomic mass is 16.5. The summed E-state index contributed by atoms with van der Waals surface area (Å²) in [5, 5.41) is 0. The van der Waals surface area contributed by atoms with Crippen LogP contribution in [0.1, 0.15) is 17.2 Å². The molecule has 1 aromatic rings. The maximum absolute atomic E-state index is 5.17. The van der Waals surface area contributed by atoms with Crippen LogP contribution < -0.4 is 0 Å². The summed E-state index contributed by atoms with van der Waals surface area (Å²) in [4.78, 5) is 4.01. The van der Waals surface area contributed by atoms with Crippen LogP contribution in [0.3, 0.4) is 0 Å². The fourth-order valence-electron chi connectivity index (χ4n) is 1.30. The van der Waals surface area contributed by atoms with Gasteiger partial charge in [0.2, 0.25) is 0 Å². The van der Waals surface area contributed by atoms with Crippen LogP contribution in [-0.2, 0) is 11.2 Å². The zero-order valence-electron chi connectivity index (χ0n) is 5.87. The number of pyridine rings is 1. The van der Waals surface area contributed by atoms with Gasteiger partial charge >= 0.3 is 0 Å². The van der Waals surface area contributed by atoms with Crippen LogP contribution >= 0.6 is 0 Å². The number of nitrogens with zero attached hydrogens (tertiary/aromatic N) is 1. The fourth-order valence-corrected chi connectivity index (χ4v) is 1.30. The molecule has 0 N–H and O–H groups in total. The monoisotopic (exact) mass is 135 g/mol. The van der Waals surface area contributed by atoms with E-state index in [2.05, 4.69) is 4.98 Å². The van der Waals surface area contributed by atoms with Gasteiger partial charge in [-0.1, -0.05) is 0 Å². The number of hydrogen-bond acceptors (Lipinski definition) is 2. The van der Waals surface area contributed by atoms with Gasteiger partial charge < -0.3 is 4.74 Å². The molecule has 2 nitrogen and oxygen atoms in total. The molecule has 0 saturated heterocycles. The third-order valence-electron chi connectivity index (χ3n) is 1.98. The molecule has 1 aliphatic carbocycles. The third kappa shape index (κ3) is 0.656. The first kappa shape index (κ1) is 5.86. The highest BCUT2D eigenvalue weighted by Crippen LogP contribution is 2.33. The lowest BCUT2D eigenvalue weighted by atomic mass is 9.87. The van der Waals surface area contributed by atoms with E-state index in [1.165, 1.54) is 11.1 Å². The lowest BCUT2D eigenvalue weighted by Gasteiger charge is -2.27. The Morgan fingerprint density at radius 3 is 3.30 bits per heavy atom. The van der Waals surface area contributed by atoms with Gasteiger partial charge in [-0.3, -0.25) is 4.98 Å². The van der Waals surface area contributed by atoms with E-state index in [-0.39, 0.29) is 0 Å². The van der Waals surface area contributed by atoms with Gasteiger partial charge in [-0.15, -0.1) is 0 Å². The largest absolute Gasteiger partial charge is 0.376 e. The van der Waals surface area contributed by atoms with Gasteiger partial charge in [0.1, 0.15) is 0 Å². The summed E-state index contributed by atoms with van der Waals surface area (Å²) in [5.41, 5.74) is 2.63. The van der Waals surface area contributed by atoms with E-state index in [9.17, 15) is 0 Å². The fraction of sp³-hybridized carbons (Fsp3) is 0.375. The van der Waals surface area contributed by atoms with Gasteiger partial charge in [-0.2, -0.15) is 0 Å². The molecule has 0 bridgehead atoms. The second-order valence-electron chi connectivity index (χ2n) is 2.50. The van der Waals surface area contributed by atoms with Crippen molar-refractivity contribution in [2.24, 2.45) is 0 Å². The minimum atomic E-state index is 0.309. The highest BCUT2D eigenvalue weighted by Gasteiger charge is 2.24. The van der Waals surface area contributed by atoms with Crippen LogP contribution in [-0.4, -0.2) is 12.1 Å². The third-order valence-corrected chi connectivity index (χ3v) is 1.98. The van der Waals surface area contributed by atoms with Crippen LogP contribution in [0.5, 0.6) is 0 Å². The molecule has 0 radical (unpaired) electrons. The van der Waals surface area contributed by atoms with Gasteiger partial charge in [0.25, 0.3) is 0 Å². The molecule has 1 heterocycles. The quantitative estimate of drug-likeness (QED) is 0.579. The summed E-state index contributed by atoms with van der Waals surface area (Å²) in [6.07, 6.45) is 5.06. The minimum Gasteiger partial charge on any atom is -0.376 e. The first-order valence-corrected chi connectivity index (χ1v) is 3.37. The summed E-state index contributed by atoms with van der Waals surface area (Å²) in [6, 6.07) is 2.05. The number of aromatic nitrogens is 1. The highest BCUT2D eigenvalue weighted by molar-refractivity contribution is 5.35. The number of methoxy groups -OCH3 is 1. The van der Waals surface area contributed by atoms with Gasteiger partial charge in [-0.05, 0) is 11.6 Å². The number of ether oxygens (including phenoxy) is 1. The van der Waals surface area contributed by atoms with E-state index < -0.39 is 0 Å². The average Bonchev–Trinajstić information content (AvgIpc) is 1.92. The molecule has 52 valence electrons. The molecular weight excluding hydrogens is 126 g/mol. The minimum absolute atomic E-state index is 0.309. The van der Waals surface area contributed by atoms with Crippen molar-refractivity contribution in [3.05, 3.63) is 29.6 Å². The predicted octanol–water partition coefficient (Wildman–Crippen LogP) is 1.33. The molecule has 0 amide bonds.